The third kappa shape index (κ3) is 4.57. The fourth-order valence-electron chi connectivity index (χ4n) is 3.21. The molecule has 1 unspecified atom stereocenters. The van der Waals surface area contributed by atoms with Crippen LogP contribution < -0.4 is 0 Å². The molecule has 0 bridgehead atoms. The largest absolute Gasteiger partial charge is 0.480 e. The number of nitrogens with zero attached hydrogens (tertiary/aromatic N) is 2. The summed E-state index contributed by atoms with van der Waals surface area (Å²) in [7, 11) is 0. The van der Waals surface area contributed by atoms with E-state index in [2.05, 4.69) is 23.6 Å². The number of thiocarbonyl (C=S) groups is 1. The second-order valence-corrected chi connectivity index (χ2v) is 8.09. The number of hydrogen-bond donors (Lipinski definition) is 1. The molecule has 1 N–H and O–H groups in total. The van der Waals surface area contributed by atoms with Gasteiger partial charge < -0.3 is 10.0 Å². The van der Waals surface area contributed by atoms with E-state index in [0.717, 1.165) is 4.32 Å². The summed E-state index contributed by atoms with van der Waals surface area (Å²) in [6, 6.07) is 0.113. The molecule has 120 valence electrons. The first-order valence-electron chi connectivity index (χ1n) is 7.89. The summed E-state index contributed by atoms with van der Waals surface area (Å²) < 4.78 is 0.951. The van der Waals surface area contributed by atoms with E-state index in [4.69, 9.17) is 12.2 Å². The minimum atomic E-state index is -0.708. The zero-order valence-electron chi connectivity index (χ0n) is 13.0. The standard InChI is InChI=1S/C15H26N2O2S2/c1-11(2)8-13(14(18)19)16-9-17(15(20)21-10-16)12-6-4-3-5-7-12/h11-13H,3-10H2,1-2H3,(H,18,19). The lowest BCUT2D eigenvalue weighted by molar-refractivity contribution is -0.144. The van der Waals surface area contributed by atoms with Crippen molar-refractivity contribution < 1.29 is 9.90 Å². The van der Waals surface area contributed by atoms with Gasteiger partial charge in [0.15, 0.2) is 0 Å². The van der Waals surface area contributed by atoms with Gasteiger partial charge in [0.25, 0.3) is 0 Å². The van der Waals surface area contributed by atoms with Crippen molar-refractivity contribution in [2.45, 2.75) is 64.5 Å². The van der Waals surface area contributed by atoms with E-state index in [-0.39, 0.29) is 0 Å². The number of carboxylic acid groups (broad SMARTS) is 1. The first-order chi connectivity index (χ1) is 9.99. The maximum atomic E-state index is 11.6. The predicted octanol–water partition coefficient (Wildman–Crippen LogP) is 3.37. The molecule has 0 amide bonds. The summed E-state index contributed by atoms with van der Waals surface area (Å²) in [5.74, 6) is 0.375. The molecule has 21 heavy (non-hydrogen) atoms. The number of aliphatic carboxylic acids is 1. The molecule has 0 aromatic carbocycles. The molecule has 6 heteroatoms. The van der Waals surface area contributed by atoms with Crippen LogP contribution in [0.25, 0.3) is 0 Å². The minimum Gasteiger partial charge on any atom is -0.480 e. The van der Waals surface area contributed by atoms with Crippen molar-refractivity contribution in [1.82, 2.24) is 9.80 Å². The van der Waals surface area contributed by atoms with Gasteiger partial charge in [-0.15, -0.1) is 0 Å². The Hall–Kier alpha value is -0.330. The number of carboxylic acids is 1. The highest BCUT2D eigenvalue weighted by Crippen LogP contribution is 2.30. The molecule has 1 saturated heterocycles. The van der Waals surface area contributed by atoms with Gasteiger partial charge in [-0.25, -0.2) is 0 Å². The van der Waals surface area contributed by atoms with Crippen LogP contribution in [0.3, 0.4) is 0 Å². The van der Waals surface area contributed by atoms with E-state index >= 15 is 0 Å². The lowest BCUT2D eigenvalue weighted by Gasteiger charge is -2.44. The van der Waals surface area contributed by atoms with Crippen LogP contribution in [0.4, 0.5) is 0 Å². The van der Waals surface area contributed by atoms with Gasteiger partial charge in [-0.1, -0.05) is 57.1 Å². The van der Waals surface area contributed by atoms with E-state index in [0.29, 0.717) is 30.9 Å². The zero-order valence-corrected chi connectivity index (χ0v) is 14.6. The summed E-state index contributed by atoms with van der Waals surface area (Å²) in [5, 5.41) is 9.53. The van der Waals surface area contributed by atoms with E-state index < -0.39 is 12.0 Å². The lowest BCUT2D eigenvalue weighted by Crippen LogP contribution is -2.55. The second kappa shape index (κ2) is 7.79. The molecule has 4 nitrogen and oxygen atoms in total. The number of hydrogen-bond acceptors (Lipinski definition) is 4. The fourth-order valence-corrected chi connectivity index (χ4v) is 4.49. The highest BCUT2D eigenvalue weighted by atomic mass is 32.2. The summed E-state index contributed by atoms with van der Waals surface area (Å²) in [6.07, 6.45) is 6.93. The Kier molecular flexibility index (Phi) is 6.32. The van der Waals surface area contributed by atoms with Gasteiger partial charge in [-0.2, -0.15) is 0 Å². The fraction of sp³-hybridized carbons (Fsp3) is 0.867. The maximum absolute atomic E-state index is 11.6. The molecule has 1 aliphatic carbocycles. The van der Waals surface area contributed by atoms with Crippen molar-refractivity contribution in [2.24, 2.45) is 5.92 Å². The van der Waals surface area contributed by atoms with E-state index in [9.17, 15) is 9.90 Å². The molecule has 0 radical (unpaired) electrons. The SMILES string of the molecule is CC(C)CC(C(=O)O)N1CSC(=S)N(C2CCCCC2)C1. The third-order valence-corrected chi connectivity index (χ3v) is 5.89. The summed E-state index contributed by atoms with van der Waals surface area (Å²) >= 11 is 7.14. The van der Waals surface area contributed by atoms with E-state index in [1.165, 1.54) is 32.1 Å². The van der Waals surface area contributed by atoms with Crippen molar-refractivity contribution >= 4 is 34.3 Å². The Bertz CT molecular complexity index is 384. The molecule has 2 aliphatic rings. The Morgan fingerprint density at radius 1 is 1.38 bits per heavy atom. The summed E-state index contributed by atoms with van der Waals surface area (Å²) in [5.41, 5.74) is 0. The Balaban J connectivity index is 2.03. The molecular weight excluding hydrogens is 304 g/mol. The molecule has 2 fully saturated rings. The van der Waals surface area contributed by atoms with Crippen LogP contribution in [0, 0.1) is 5.92 Å². The molecule has 1 heterocycles. The molecule has 0 spiro atoms. The van der Waals surface area contributed by atoms with Gasteiger partial charge in [0.05, 0.1) is 12.5 Å². The normalized spacial score (nSPS) is 23.6. The Morgan fingerprint density at radius 3 is 2.62 bits per heavy atom. The van der Waals surface area contributed by atoms with Crippen molar-refractivity contribution in [3.05, 3.63) is 0 Å². The van der Waals surface area contributed by atoms with Crippen LogP contribution in [0.1, 0.15) is 52.4 Å². The van der Waals surface area contributed by atoms with Gasteiger partial charge in [0.1, 0.15) is 10.4 Å². The smallest absolute Gasteiger partial charge is 0.321 e. The first-order valence-corrected chi connectivity index (χ1v) is 9.28. The third-order valence-electron chi connectivity index (χ3n) is 4.36. The van der Waals surface area contributed by atoms with Crippen LogP contribution in [-0.4, -0.2) is 49.8 Å². The average molecular weight is 331 g/mol. The van der Waals surface area contributed by atoms with Crippen LogP contribution in [0.5, 0.6) is 0 Å². The van der Waals surface area contributed by atoms with Crippen LogP contribution in [0.15, 0.2) is 0 Å². The summed E-state index contributed by atoms with van der Waals surface area (Å²) in [6.45, 7) is 4.84. The molecular formula is C15H26N2O2S2. The lowest BCUT2D eigenvalue weighted by atomic mass is 9.94. The topological polar surface area (TPSA) is 43.8 Å². The molecule has 1 aliphatic heterocycles. The number of thioether (sulfide) groups is 1. The maximum Gasteiger partial charge on any atom is 0.321 e. The second-order valence-electron chi connectivity index (χ2n) is 6.51. The van der Waals surface area contributed by atoms with Crippen LogP contribution in [0.2, 0.25) is 0 Å². The highest BCUT2D eigenvalue weighted by Gasteiger charge is 2.34. The number of rotatable bonds is 5. The molecule has 1 atom stereocenters. The first kappa shape index (κ1) is 17.0. The Labute approximate surface area is 137 Å². The molecule has 0 aromatic heterocycles. The molecule has 0 aromatic rings. The van der Waals surface area contributed by atoms with Crippen LogP contribution in [-0.2, 0) is 4.79 Å². The van der Waals surface area contributed by atoms with Crippen molar-refractivity contribution in [3.63, 3.8) is 0 Å². The van der Waals surface area contributed by atoms with Crippen molar-refractivity contribution in [1.29, 1.82) is 0 Å². The van der Waals surface area contributed by atoms with Crippen LogP contribution >= 0.6 is 24.0 Å². The monoisotopic (exact) mass is 330 g/mol. The minimum absolute atomic E-state index is 0.383. The van der Waals surface area contributed by atoms with Crippen molar-refractivity contribution in [3.8, 4) is 0 Å². The van der Waals surface area contributed by atoms with E-state index in [1.54, 1.807) is 11.8 Å². The van der Waals surface area contributed by atoms with Gasteiger partial charge in [-0.05, 0) is 25.2 Å². The predicted molar refractivity (Wildman–Crippen MR) is 91.4 cm³/mol. The zero-order chi connectivity index (χ0) is 15.4. The molecule has 1 saturated carbocycles. The number of carbonyl (C=O) groups is 1. The molecule has 2 rings (SSSR count). The van der Waals surface area contributed by atoms with Gasteiger partial charge >= 0.3 is 5.97 Å². The average Bonchev–Trinajstić information content (AvgIpc) is 2.46. The Morgan fingerprint density at radius 2 is 2.05 bits per heavy atom. The van der Waals surface area contributed by atoms with Gasteiger partial charge in [0, 0.05) is 6.04 Å². The quantitative estimate of drug-likeness (QED) is 0.780. The van der Waals surface area contributed by atoms with Gasteiger partial charge in [-0.3, -0.25) is 9.69 Å². The van der Waals surface area contributed by atoms with E-state index in [1.807, 2.05) is 0 Å². The summed E-state index contributed by atoms with van der Waals surface area (Å²) in [4.78, 5) is 16.0. The van der Waals surface area contributed by atoms with Gasteiger partial charge in [0.2, 0.25) is 0 Å². The van der Waals surface area contributed by atoms with Crippen molar-refractivity contribution in [2.75, 3.05) is 12.5 Å². The highest BCUT2D eigenvalue weighted by molar-refractivity contribution is 8.22.